The van der Waals surface area contributed by atoms with Crippen molar-refractivity contribution in [1.29, 1.82) is 0 Å². The highest BCUT2D eigenvalue weighted by molar-refractivity contribution is 7.13. The second kappa shape index (κ2) is 8.74. The first-order chi connectivity index (χ1) is 14.1. The highest BCUT2D eigenvalue weighted by atomic mass is 32.1. The average Bonchev–Trinajstić information content (AvgIpc) is 3.30. The Balaban J connectivity index is 1.46. The molecule has 1 fully saturated rings. The molecular formula is C23H25N3O2S. The molecule has 5 nitrogen and oxygen atoms in total. The van der Waals surface area contributed by atoms with Gasteiger partial charge in [-0.2, -0.15) is 5.10 Å². The molecule has 1 aromatic carbocycles. The summed E-state index contributed by atoms with van der Waals surface area (Å²) in [5.41, 5.74) is 1.77. The lowest BCUT2D eigenvalue weighted by Crippen LogP contribution is -2.43. The van der Waals surface area contributed by atoms with E-state index in [-0.39, 0.29) is 23.3 Å². The third-order valence-corrected chi connectivity index (χ3v) is 6.46. The minimum Gasteiger partial charge on any atom is -0.342 e. The van der Waals surface area contributed by atoms with E-state index in [1.165, 1.54) is 0 Å². The van der Waals surface area contributed by atoms with Gasteiger partial charge in [-0.15, -0.1) is 11.3 Å². The Kier molecular flexibility index (Phi) is 5.90. The Morgan fingerprint density at radius 2 is 2.00 bits per heavy atom. The molecule has 6 heteroatoms. The summed E-state index contributed by atoms with van der Waals surface area (Å²) < 4.78 is 1.56. The Bertz CT molecular complexity index is 1010. The van der Waals surface area contributed by atoms with Crippen molar-refractivity contribution < 1.29 is 4.79 Å². The van der Waals surface area contributed by atoms with Crippen LogP contribution in [0.2, 0.25) is 0 Å². The van der Waals surface area contributed by atoms with Crippen molar-refractivity contribution in [3.05, 3.63) is 75.9 Å². The van der Waals surface area contributed by atoms with Crippen LogP contribution in [-0.2, 0) is 11.3 Å². The molecule has 0 saturated carbocycles. The van der Waals surface area contributed by atoms with E-state index in [2.05, 4.69) is 5.10 Å². The summed E-state index contributed by atoms with van der Waals surface area (Å²) in [6.45, 7) is 3.97. The number of carbonyl (C=O) groups excluding carboxylic acids is 1. The third kappa shape index (κ3) is 4.48. The molecule has 2 aromatic heterocycles. The van der Waals surface area contributed by atoms with Crippen molar-refractivity contribution >= 4 is 17.2 Å². The molecule has 2 atom stereocenters. The zero-order valence-corrected chi connectivity index (χ0v) is 17.3. The summed E-state index contributed by atoms with van der Waals surface area (Å²) in [4.78, 5) is 28.4. The predicted molar refractivity (Wildman–Crippen MR) is 116 cm³/mol. The maximum absolute atomic E-state index is 13.0. The van der Waals surface area contributed by atoms with Crippen LogP contribution in [0.3, 0.4) is 0 Å². The zero-order chi connectivity index (χ0) is 20.2. The lowest BCUT2D eigenvalue weighted by molar-refractivity contribution is -0.134. The maximum Gasteiger partial charge on any atom is 0.266 e. The van der Waals surface area contributed by atoms with E-state index in [0.717, 1.165) is 35.5 Å². The first-order valence-electron chi connectivity index (χ1n) is 10.1. The molecule has 1 amide bonds. The molecule has 0 N–H and O–H groups in total. The molecule has 0 bridgehead atoms. The van der Waals surface area contributed by atoms with Crippen LogP contribution in [-0.4, -0.2) is 33.7 Å². The molecule has 4 rings (SSSR count). The van der Waals surface area contributed by atoms with E-state index >= 15 is 0 Å². The Morgan fingerprint density at radius 1 is 1.17 bits per heavy atom. The van der Waals surface area contributed by atoms with Crippen LogP contribution < -0.4 is 5.56 Å². The van der Waals surface area contributed by atoms with Crippen LogP contribution >= 0.6 is 11.3 Å². The summed E-state index contributed by atoms with van der Waals surface area (Å²) in [7, 11) is 0. The van der Waals surface area contributed by atoms with Gasteiger partial charge in [-0.3, -0.25) is 9.59 Å². The third-order valence-electron chi connectivity index (χ3n) is 5.57. The standard InChI is InChI=1S/C23H25N3O2S/c1-17(19-8-3-2-4-9-19)23(28)25-13-5-7-18(15-25)16-26-22(27)12-11-20(24-26)21-10-6-14-29-21/h2-4,6,8-12,14,17-18H,5,7,13,15-16H2,1H3/t17?,18-/m0/s1. The van der Waals surface area contributed by atoms with Gasteiger partial charge < -0.3 is 4.90 Å². The number of thiophene rings is 1. The van der Waals surface area contributed by atoms with Crippen molar-refractivity contribution in [2.24, 2.45) is 5.92 Å². The number of piperidine rings is 1. The van der Waals surface area contributed by atoms with Gasteiger partial charge in [-0.05, 0) is 48.8 Å². The fourth-order valence-corrected chi connectivity index (χ4v) is 4.64. The van der Waals surface area contributed by atoms with Crippen LogP contribution in [0, 0.1) is 5.92 Å². The SMILES string of the molecule is CC(C(=O)N1CCC[C@H](Cn2nc(-c3cccs3)ccc2=O)C1)c1ccccc1. The van der Waals surface area contributed by atoms with Gasteiger partial charge in [-0.25, -0.2) is 4.68 Å². The normalized spacial score (nSPS) is 17.8. The summed E-state index contributed by atoms with van der Waals surface area (Å²) in [6, 6.07) is 17.3. The molecule has 3 aromatic rings. The van der Waals surface area contributed by atoms with Crippen LogP contribution in [0.4, 0.5) is 0 Å². The monoisotopic (exact) mass is 407 g/mol. The van der Waals surface area contributed by atoms with Crippen LogP contribution in [0.1, 0.15) is 31.2 Å². The summed E-state index contributed by atoms with van der Waals surface area (Å²) in [5.74, 6) is 0.242. The molecule has 1 saturated heterocycles. The minimum atomic E-state index is -0.155. The van der Waals surface area contributed by atoms with E-state index in [9.17, 15) is 9.59 Å². The summed E-state index contributed by atoms with van der Waals surface area (Å²) in [5, 5.41) is 6.58. The maximum atomic E-state index is 13.0. The number of aromatic nitrogens is 2. The molecule has 0 radical (unpaired) electrons. The first kappa shape index (κ1) is 19.6. The molecule has 0 aliphatic carbocycles. The van der Waals surface area contributed by atoms with Crippen LogP contribution in [0.25, 0.3) is 10.6 Å². The Labute approximate surface area is 174 Å². The van der Waals surface area contributed by atoms with Gasteiger partial charge in [-0.1, -0.05) is 36.4 Å². The van der Waals surface area contributed by atoms with Crippen molar-refractivity contribution in [2.75, 3.05) is 13.1 Å². The number of carbonyl (C=O) groups is 1. The topological polar surface area (TPSA) is 55.2 Å². The second-order valence-corrected chi connectivity index (χ2v) is 8.59. The number of amides is 1. The summed E-state index contributed by atoms with van der Waals surface area (Å²) in [6.07, 6.45) is 1.96. The van der Waals surface area contributed by atoms with Crippen LogP contribution in [0.5, 0.6) is 0 Å². The number of hydrogen-bond acceptors (Lipinski definition) is 4. The van der Waals surface area contributed by atoms with Gasteiger partial charge in [0.2, 0.25) is 5.91 Å². The molecular weight excluding hydrogens is 382 g/mol. The molecule has 1 unspecified atom stereocenters. The number of hydrogen-bond donors (Lipinski definition) is 0. The summed E-state index contributed by atoms with van der Waals surface area (Å²) >= 11 is 1.61. The van der Waals surface area contributed by atoms with Crippen LogP contribution in [0.15, 0.2) is 64.8 Å². The predicted octanol–water partition coefficient (Wildman–Crippen LogP) is 4.01. The highest BCUT2D eigenvalue weighted by Gasteiger charge is 2.28. The molecule has 29 heavy (non-hydrogen) atoms. The van der Waals surface area contributed by atoms with Gasteiger partial charge in [0.25, 0.3) is 5.56 Å². The Morgan fingerprint density at radius 3 is 2.76 bits per heavy atom. The first-order valence-corrected chi connectivity index (χ1v) is 11.0. The van der Waals surface area contributed by atoms with Crippen molar-refractivity contribution in [1.82, 2.24) is 14.7 Å². The molecule has 3 heterocycles. The van der Waals surface area contributed by atoms with Gasteiger partial charge >= 0.3 is 0 Å². The molecule has 150 valence electrons. The van der Waals surface area contributed by atoms with E-state index in [0.29, 0.717) is 13.1 Å². The lowest BCUT2D eigenvalue weighted by Gasteiger charge is -2.34. The number of benzene rings is 1. The van der Waals surface area contributed by atoms with Gasteiger partial charge in [0, 0.05) is 25.7 Å². The molecule has 1 aliphatic rings. The minimum absolute atomic E-state index is 0.0913. The number of rotatable bonds is 5. The smallest absolute Gasteiger partial charge is 0.266 e. The highest BCUT2D eigenvalue weighted by Crippen LogP contribution is 2.24. The fourth-order valence-electron chi connectivity index (χ4n) is 3.95. The molecule has 0 spiro atoms. The van der Waals surface area contributed by atoms with E-state index in [4.69, 9.17) is 0 Å². The second-order valence-electron chi connectivity index (χ2n) is 7.64. The fraction of sp³-hybridized carbons (Fsp3) is 0.348. The average molecular weight is 408 g/mol. The van der Waals surface area contributed by atoms with Gasteiger partial charge in [0.15, 0.2) is 0 Å². The van der Waals surface area contributed by atoms with E-state index in [1.807, 2.05) is 59.7 Å². The van der Waals surface area contributed by atoms with Crippen molar-refractivity contribution in [2.45, 2.75) is 32.2 Å². The zero-order valence-electron chi connectivity index (χ0n) is 16.5. The van der Waals surface area contributed by atoms with Crippen molar-refractivity contribution in [3.63, 3.8) is 0 Å². The van der Waals surface area contributed by atoms with Crippen molar-refractivity contribution in [3.8, 4) is 10.6 Å². The number of nitrogens with zero attached hydrogens (tertiary/aromatic N) is 3. The lowest BCUT2D eigenvalue weighted by atomic mass is 9.94. The van der Waals surface area contributed by atoms with E-state index in [1.54, 1.807) is 28.2 Å². The Hall–Kier alpha value is -2.73. The number of likely N-dealkylation sites (tertiary alicyclic amines) is 1. The molecule has 1 aliphatic heterocycles. The van der Waals surface area contributed by atoms with Gasteiger partial charge in [0.1, 0.15) is 5.69 Å². The van der Waals surface area contributed by atoms with E-state index < -0.39 is 0 Å². The quantitative estimate of drug-likeness (QED) is 0.642. The largest absolute Gasteiger partial charge is 0.342 e. The van der Waals surface area contributed by atoms with Gasteiger partial charge in [0.05, 0.1) is 10.8 Å².